The molecule has 3 nitrogen and oxygen atoms in total. The zero-order valence-electron chi connectivity index (χ0n) is 13.6. The Bertz CT molecular complexity index is 396. The fraction of sp³-hybridized carbons (Fsp3) is 0.667. The number of hydrogen-bond donors (Lipinski definition) is 1. The van der Waals surface area contributed by atoms with Gasteiger partial charge in [0.1, 0.15) is 0 Å². The van der Waals surface area contributed by atoms with Crippen LogP contribution in [0.2, 0.25) is 0 Å². The predicted molar refractivity (Wildman–Crippen MR) is 86.2 cm³/mol. The molecular weight excluding hydrogens is 262 g/mol. The van der Waals surface area contributed by atoms with Crippen LogP contribution in [0.5, 0.6) is 0 Å². The van der Waals surface area contributed by atoms with E-state index in [0.717, 1.165) is 25.7 Å². The van der Waals surface area contributed by atoms with Gasteiger partial charge in [-0.25, -0.2) is 0 Å². The highest BCUT2D eigenvalue weighted by Crippen LogP contribution is 2.19. The summed E-state index contributed by atoms with van der Waals surface area (Å²) in [6, 6.07) is 9.28. The van der Waals surface area contributed by atoms with Crippen molar-refractivity contribution in [2.45, 2.75) is 58.9 Å². The monoisotopic (exact) mass is 291 g/mol. The summed E-state index contributed by atoms with van der Waals surface area (Å²) in [5, 5.41) is 3.65. The maximum atomic E-state index is 5.62. The van der Waals surface area contributed by atoms with Gasteiger partial charge in [-0.3, -0.25) is 0 Å². The van der Waals surface area contributed by atoms with E-state index in [1.165, 1.54) is 24.0 Å². The molecule has 1 N–H and O–H groups in total. The minimum Gasteiger partial charge on any atom is -0.381 e. The van der Waals surface area contributed by atoms with Crippen LogP contribution < -0.4 is 5.32 Å². The van der Waals surface area contributed by atoms with Gasteiger partial charge in [0.25, 0.3) is 0 Å². The van der Waals surface area contributed by atoms with Crippen molar-refractivity contribution in [1.82, 2.24) is 5.32 Å². The molecular formula is C18H29NO2. The Morgan fingerprint density at radius 3 is 2.33 bits per heavy atom. The third-order valence-electron chi connectivity index (χ3n) is 4.21. The van der Waals surface area contributed by atoms with Gasteiger partial charge in [0.15, 0.2) is 0 Å². The summed E-state index contributed by atoms with van der Waals surface area (Å²) >= 11 is 0. The second-order valence-electron chi connectivity index (χ2n) is 6.30. The first kappa shape index (κ1) is 16.5. The molecule has 1 aromatic carbocycles. The van der Waals surface area contributed by atoms with Crippen LogP contribution in [0.1, 0.15) is 44.7 Å². The topological polar surface area (TPSA) is 30.5 Å². The lowest BCUT2D eigenvalue weighted by atomic mass is 9.93. The molecule has 0 aromatic heterocycles. The van der Waals surface area contributed by atoms with E-state index in [4.69, 9.17) is 9.47 Å². The van der Waals surface area contributed by atoms with Crippen molar-refractivity contribution in [3.8, 4) is 0 Å². The lowest BCUT2D eigenvalue weighted by Crippen LogP contribution is -2.36. The second-order valence-corrected chi connectivity index (χ2v) is 6.30. The molecule has 118 valence electrons. The van der Waals surface area contributed by atoms with Gasteiger partial charge in [-0.1, -0.05) is 24.3 Å². The Balaban J connectivity index is 1.74. The molecule has 0 radical (unpaired) electrons. The van der Waals surface area contributed by atoms with E-state index in [0.29, 0.717) is 12.6 Å². The number of hydrogen-bond acceptors (Lipinski definition) is 3. The van der Waals surface area contributed by atoms with Crippen molar-refractivity contribution in [2.75, 3.05) is 13.2 Å². The van der Waals surface area contributed by atoms with Gasteiger partial charge in [0.2, 0.25) is 0 Å². The molecule has 0 aliphatic carbocycles. The SMILES string of the molecule is CC(C)OCc1ccc(CN[C@H](C)C2CCOCC2)cc1. The Labute approximate surface area is 129 Å². The standard InChI is InChI=1S/C18H29NO2/c1-14(2)21-13-17-6-4-16(5-7-17)12-19-15(3)18-8-10-20-11-9-18/h4-7,14-15,18-19H,8-13H2,1-3H3/t15-/m1/s1. The van der Waals surface area contributed by atoms with Crippen molar-refractivity contribution in [2.24, 2.45) is 5.92 Å². The van der Waals surface area contributed by atoms with Gasteiger partial charge < -0.3 is 14.8 Å². The zero-order chi connectivity index (χ0) is 15.1. The molecule has 3 heteroatoms. The van der Waals surface area contributed by atoms with Gasteiger partial charge in [-0.2, -0.15) is 0 Å². The average Bonchev–Trinajstić information content (AvgIpc) is 2.52. The summed E-state index contributed by atoms with van der Waals surface area (Å²) in [4.78, 5) is 0. The van der Waals surface area contributed by atoms with E-state index in [2.05, 4.69) is 50.4 Å². The van der Waals surface area contributed by atoms with Crippen LogP contribution >= 0.6 is 0 Å². The Hall–Kier alpha value is -0.900. The lowest BCUT2D eigenvalue weighted by molar-refractivity contribution is 0.0558. The van der Waals surface area contributed by atoms with E-state index in [9.17, 15) is 0 Å². The van der Waals surface area contributed by atoms with Crippen molar-refractivity contribution in [1.29, 1.82) is 0 Å². The molecule has 1 saturated heterocycles. The van der Waals surface area contributed by atoms with Crippen molar-refractivity contribution >= 4 is 0 Å². The van der Waals surface area contributed by atoms with E-state index in [-0.39, 0.29) is 6.10 Å². The molecule has 0 spiro atoms. The third-order valence-corrected chi connectivity index (χ3v) is 4.21. The molecule has 1 heterocycles. The second kappa shape index (κ2) is 8.52. The normalized spacial score (nSPS) is 18.1. The summed E-state index contributed by atoms with van der Waals surface area (Å²) in [7, 11) is 0. The first-order valence-electron chi connectivity index (χ1n) is 8.15. The molecule has 1 aromatic rings. The largest absolute Gasteiger partial charge is 0.381 e. The molecule has 0 amide bonds. The number of rotatable bonds is 7. The Kier molecular flexibility index (Phi) is 6.68. The highest BCUT2D eigenvalue weighted by molar-refractivity contribution is 5.22. The van der Waals surface area contributed by atoms with Crippen LogP contribution in [-0.4, -0.2) is 25.4 Å². The number of ether oxygens (including phenoxy) is 2. The quantitative estimate of drug-likeness (QED) is 0.834. The smallest absolute Gasteiger partial charge is 0.0720 e. The van der Waals surface area contributed by atoms with Crippen LogP contribution in [0.25, 0.3) is 0 Å². The van der Waals surface area contributed by atoms with E-state index in [1.54, 1.807) is 0 Å². The van der Waals surface area contributed by atoms with E-state index >= 15 is 0 Å². The first-order chi connectivity index (χ1) is 10.1. The molecule has 1 fully saturated rings. The summed E-state index contributed by atoms with van der Waals surface area (Å²) in [6.07, 6.45) is 2.64. The highest BCUT2D eigenvalue weighted by atomic mass is 16.5. The van der Waals surface area contributed by atoms with Gasteiger partial charge in [-0.15, -0.1) is 0 Å². The maximum Gasteiger partial charge on any atom is 0.0720 e. The molecule has 0 unspecified atom stereocenters. The van der Waals surface area contributed by atoms with Gasteiger partial charge >= 0.3 is 0 Å². The molecule has 1 aliphatic rings. The fourth-order valence-corrected chi connectivity index (χ4v) is 2.68. The number of benzene rings is 1. The van der Waals surface area contributed by atoms with Gasteiger partial charge in [-0.05, 0) is 50.7 Å². The molecule has 2 rings (SSSR count). The third kappa shape index (κ3) is 5.77. The Morgan fingerprint density at radius 2 is 1.71 bits per heavy atom. The molecule has 1 aliphatic heterocycles. The Morgan fingerprint density at radius 1 is 1.10 bits per heavy atom. The van der Waals surface area contributed by atoms with E-state index in [1.807, 2.05) is 0 Å². The lowest BCUT2D eigenvalue weighted by Gasteiger charge is -2.28. The maximum absolute atomic E-state index is 5.62. The molecule has 1 atom stereocenters. The first-order valence-corrected chi connectivity index (χ1v) is 8.15. The van der Waals surface area contributed by atoms with Crippen molar-refractivity contribution in [3.05, 3.63) is 35.4 Å². The summed E-state index contributed by atoms with van der Waals surface area (Å²) < 4.78 is 11.0. The van der Waals surface area contributed by atoms with Crippen molar-refractivity contribution < 1.29 is 9.47 Å². The highest BCUT2D eigenvalue weighted by Gasteiger charge is 2.19. The molecule has 0 saturated carbocycles. The van der Waals surface area contributed by atoms with Crippen molar-refractivity contribution in [3.63, 3.8) is 0 Å². The average molecular weight is 291 g/mol. The van der Waals surface area contributed by atoms with Crippen LogP contribution in [0.3, 0.4) is 0 Å². The van der Waals surface area contributed by atoms with Crippen LogP contribution in [0.4, 0.5) is 0 Å². The van der Waals surface area contributed by atoms with Gasteiger partial charge in [0.05, 0.1) is 12.7 Å². The molecule has 21 heavy (non-hydrogen) atoms. The number of nitrogens with one attached hydrogen (secondary N) is 1. The predicted octanol–water partition coefficient (Wildman–Crippen LogP) is 3.52. The van der Waals surface area contributed by atoms with E-state index < -0.39 is 0 Å². The summed E-state index contributed by atoms with van der Waals surface area (Å²) in [5.74, 6) is 0.748. The molecule has 0 bridgehead atoms. The van der Waals surface area contributed by atoms with Gasteiger partial charge in [0, 0.05) is 25.8 Å². The summed E-state index contributed by atoms with van der Waals surface area (Å²) in [6.45, 7) is 9.89. The summed E-state index contributed by atoms with van der Waals surface area (Å²) in [5.41, 5.74) is 2.58. The minimum absolute atomic E-state index is 0.284. The fourth-order valence-electron chi connectivity index (χ4n) is 2.68. The zero-order valence-corrected chi connectivity index (χ0v) is 13.6. The minimum atomic E-state index is 0.284. The van der Waals surface area contributed by atoms with Crippen LogP contribution in [0, 0.1) is 5.92 Å². The van der Waals surface area contributed by atoms with Crippen LogP contribution in [-0.2, 0) is 22.6 Å². The van der Waals surface area contributed by atoms with Crippen LogP contribution in [0.15, 0.2) is 24.3 Å².